The van der Waals surface area contributed by atoms with Gasteiger partial charge in [-0.15, -0.1) is 0 Å². The summed E-state index contributed by atoms with van der Waals surface area (Å²) in [5, 5.41) is 23.3. The van der Waals surface area contributed by atoms with E-state index in [-0.39, 0.29) is 11.9 Å². The Morgan fingerprint density at radius 1 is 1.29 bits per heavy atom. The molecular weight excluding hydrogens is 316 g/mol. The van der Waals surface area contributed by atoms with Gasteiger partial charge < -0.3 is 26.0 Å². The molecule has 5 N–H and O–H groups in total. The number of hydrogen-bond donors (Lipinski definition) is 4. The predicted octanol–water partition coefficient (Wildman–Crippen LogP) is -1.30. The molecular formula is C14H18N6O4. The van der Waals surface area contributed by atoms with E-state index in [4.69, 9.17) is 10.5 Å². The molecule has 2 aromatic heterocycles. The van der Waals surface area contributed by atoms with Gasteiger partial charge in [0.2, 0.25) is 0 Å². The van der Waals surface area contributed by atoms with Gasteiger partial charge in [0.15, 0.2) is 23.8 Å². The number of anilines is 1. The van der Waals surface area contributed by atoms with E-state index in [1.807, 2.05) is 0 Å². The molecule has 1 saturated carbocycles. The topological polar surface area (TPSA) is 148 Å². The normalized spacial score (nSPS) is 30.4. The van der Waals surface area contributed by atoms with Crippen molar-refractivity contribution in [3.63, 3.8) is 0 Å². The number of carbonyl (C=O) groups excluding carboxylic acids is 1. The quantitative estimate of drug-likeness (QED) is 0.541. The zero-order valence-electron chi connectivity index (χ0n) is 12.7. The first-order valence-corrected chi connectivity index (χ1v) is 7.81. The molecule has 2 fully saturated rings. The summed E-state index contributed by atoms with van der Waals surface area (Å²) in [6.07, 6.45) is 0.802. The van der Waals surface area contributed by atoms with Crippen LogP contribution in [-0.4, -0.2) is 60.0 Å². The lowest BCUT2D eigenvalue weighted by Crippen LogP contribution is -2.48. The molecule has 128 valence electrons. The number of aromatic nitrogens is 4. The molecule has 4 atom stereocenters. The van der Waals surface area contributed by atoms with Crippen LogP contribution < -0.4 is 11.1 Å². The third-order valence-electron chi connectivity index (χ3n) is 4.61. The second kappa shape index (κ2) is 5.65. The molecule has 1 aliphatic carbocycles. The first-order valence-electron chi connectivity index (χ1n) is 7.81. The van der Waals surface area contributed by atoms with Crippen molar-refractivity contribution in [1.82, 2.24) is 24.8 Å². The number of nitrogens with zero attached hydrogens (tertiary/aromatic N) is 4. The molecule has 2 aromatic rings. The first-order chi connectivity index (χ1) is 11.6. The third kappa shape index (κ3) is 2.30. The molecule has 2 aliphatic rings. The summed E-state index contributed by atoms with van der Waals surface area (Å²) in [5.74, 6) is -0.224. The number of hydrogen-bond acceptors (Lipinski definition) is 8. The number of nitrogens with two attached hydrogens (primary N) is 1. The fraction of sp³-hybridized carbons (Fsp3) is 0.571. The van der Waals surface area contributed by atoms with Crippen LogP contribution in [0.1, 0.15) is 25.5 Å². The lowest BCUT2D eigenvalue weighted by atomic mass is 9.93. The number of aliphatic hydroxyl groups excluding tert-OH is 2. The summed E-state index contributed by atoms with van der Waals surface area (Å²) in [6.45, 7) is 0. The molecule has 10 nitrogen and oxygen atoms in total. The Morgan fingerprint density at radius 2 is 2.08 bits per heavy atom. The van der Waals surface area contributed by atoms with Gasteiger partial charge in [-0.25, -0.2) is 15.0 Å². The lowest BCUT2D eigenvalue weighted by Gasteiger charge is -2.28. The Labute approximate surface area is 136 Å². The number of aliphatic hydroxyl groups is 2. The molecule has 0 bridgehead atoms. The maximum atomic E-state index is 12.3. The second-order valence-electron chi connectivity index (χ2n) is 6.15. The van der Waals surface area contributed by atoms with Crippen LogP contribution in [0.5, 0.6) is 0 Å². The summed E-state index contributed by atoms with van der Waals surface area (Å²) in [7, 11) is 0. The predicted molar refractivity (Wildman–Crippen MR) is 81.4 cm³/mol. The third-order valence-corrected chi connectivity index (χ3v) is 4.61. The second-order valence-corrected chi connectivity index (χ2v) is 6.15. The number of rotatable bonds is 3. The van der Waals surface area contributed by atoms with Crippen LogP contribution in [0.2, 0.25) is 0 Å². The Bertz CT molecular complexity index is 776. The van der Waals surface area contributed by atoms with Crippen molar-refractivity contribution in [2.24, 2.45) is 0 Å². The molecule has 1 aliphatic heterocycles. The molecule has 1 saturated heterocycles. The van der Waals surface area contributed by atoms with E-state index in [0.717, 1.165) is 19.3 Å². The van der Waals surface area contributed by atoms with E-state index in [0.29, 0.717) is 11.2 Å². The molecule has 4 rings (SSSR count). The van der Waals surface area contributed by atoms with Crippen LogP contribution in [0.3, 0.4) is 0 Å². The van der Waals surface area contributed by atoms with Gasteiger partial charge in [0.1, 0.15) is 24.1 Å². The van der Waals surface area contributed by atoms with Gasteiger partial charge in [0.05, 0.1) is 6.33 Å². The molecule has 1 amide bonds. The SMILES string of the molecule is Nc1ncnc2c1ncn2C1OC(C(=O)NC2CCC2)C(O)C1O. The molecule has 24 heavy (non-hydrogen) atoms. The Hall–Kier alpha value is -2.30. The minimum absolute atomic E-state index is 0.117. The number of carbonyl (C=O) groups is 1. The van der Waals surface area contributed by atoms with E-state index in [1.165, 1.54) is 17.2 Å². The van der Waals surface area contributed by atoms with Crippen molar-refractivity contribution < 1.29 is 19.7 Å². The number of ether oxygens (including phenoxy) is 1. The van der Waals surface area contributed by atoms with E-state index >= 15 is 0 Å². The van der Waals surface area contributed by atoms with Crippen LogP contribution in [-0.2, 0) is 9.53 Å². The van der Waals surface area contributed by atoms with Gasteiger partial charge in [-0.3, -0.25) is 9.36 Å². The fourth-order valence-electron chi connectivity index (χ4n) is 3.00. The number of imidazole rings is 1. The highest BCUT2D eigenvalue weighted by atomic mass is 16.6. The maximum Gasteiger partial charge on any atom is 0.252 e. The van der Waals surface area contributed by atoms with Gasteiger partial charge in [-0.05, 0) is 19.3 Å². The van der Waals surface area contributed by atoms with Crippen molar-refractivity contribution in [2.45, 2.75) is 49.8 Å². The van der Waals surface area contributed by atoms with Crippen molar-refractivity contribution >= 4 is 22.9 Å². The largest absolute Gasteiger partial charge is 0.387 e. The van der Waals surface area contributed by atoms with Gasteiger partial charge in [-0.2, -0.15) is 0 Å². The number of fused-ring (bicyclic) bond motifs is 1. The zero-order valence-corrected chi connectivity index (χ0v) is 12.7. The minimum atomic E-state index is -1.34. The van der Waals surface area contributed by atoms with Crippen LogP contribution in [0.4, 0.5) is 5.82 Å². The van der Waals surface area contributed by atoms with E-state index in [2.05, 4.69) is 20.3 Å². The number of amides is 1. The summed E-state index contributed by atoms with van der Waals surface area (Å²) in [6, 6.07) is 0.117. The monoisotopic (exact) mass is 334 g/mol. The zero-order chi connectivity index (χ0) is 16.8. The molecule has 10 heteroatoms. The first kappa shape index (κ1) is 15.2. The van der Waals surface area contributed by atoms with Crippen molar-refractivity contribution in [2.75, 3.05) is 5.73 Å². The fourth-order valence-corrected chi connectivity index (χ4v) is 3.00. The maximum absolute atomic E-state index is 12.3. The number of nitrogens with one attached hydrogen (secondary N) is 1. The van der Waals surface area contributed by atoms with Crippen LogP contribution in [0.25, 0.3) is 11.2 Å². The Balaban J connectivity index is 1.59. The van der Waals surface area contributed by atoms with E-state index < -0.39 is 30.4 Å². The van der Waals surface area contributed by atoms with Gasteiger partial charge >= 0.3 is 0 Å². The average Bonchev–Trinajstić information content (AvgIpc) is 3.07. The van der Waals surface area contributed by atoms with Gasteiger partial charge in [0.25, 0.3) is 5.91 Å². The Kier molecular flexibility index (Phi) is 3.59. The highest BCUT2D eigenvalue weighted by molar-refractivity contribution is 5.83. The smallest absolute Gasteiger partial charge is 0.252 e. The highest BCUT2D eigenvalue weighted by Crippen LogP contribution is 2.32. The van der Waals surface area contributed by atoms with Gasteiger partial charge in [-0.1, -0.05) is 0 Å². The van der Waals surface area contributed by atoms with E-state index in [1.54, 1.807) is 0 Å². The average molecular weight is 334 g/mol. The van der Waals surface area contributed by atoms with Gasteiger partial charge in [0, 0.05) is 6.04 Å². The van der Waals surface area contributed by atoms with Crippen LogP contribution >= 0.6 is 0 Å². The molecule has 0 aromatic carbocycles. The van der Waals surface area contributed by atoms with E-state index in [9.17, 15) is 15.0 Å². The minimum Gasteiger partial charge on any atom is -0.387 e. The molecule has 0 spiro atoms. The highest BCUT2D eigenvalue weighted by Gasteiger charge is 2.48. The summed E-state index contributed by atoms with van der Waals surface area (Å²) in [5.41, 5.74) is 6.46. The summed E-state index contributed by atoms with van der Waals surface area (Å²) >= 11 is 0. The number of nitrogen functional groups attached to an aromatic ring is 1. The standard InChI is InChI=1S/C14H18N6O4/c15-11-7-12(17-4-16-11)20(5-18-7)14-9(22)8(21)10(24-14)13(23)19-6-2-1-3-6/h4-6,8-10,14,21-22H,1-3H2,(H,19,23)(H2,15,16,17). The molecule has 4 unspecified atom stereocenters. The van der Waals surface area contributed by atoms with Crippen molar-refractivity contribution in [3.8, 4) is 0 Å². The molecule has 0 radical (unpaired) electrons. The van der Waals surface area contributed by atoms with Crippen molar-refractivity contribution in [1.29, 1.82) is 0 Å². The molecule has 3 heterocycles. The van der Waals surface area contributed by atoms with Crippen LogP contribution in [0.15, 0.2) is 12.7 Å². The lowest BCUT2D eigenvalue weighted by molar-refractivity contribution is -0.138. The summed E-state index contributed by atoms with van der Waals surface area (Å²) < 4.78 is 7.06. The van der Waals surface area contributed by atoms with Crippen molar-refractivity contribution in [3.05, 3.63) is 12.7 Å². The van der Waals surface area contributed by atoms with Crippen LogP contribution in [0, 0.1) is 0 Å². The summed E-state index contributed by atoms with van der Waals surface area (Å²) in [4.78, 5) is 24.3. The Morgan fingerprint density at radius 3 is 2.79 bits per heavy atom.